The summed E-state index contributed by atoms with van der Waals surface area (Å²) in [6, 6.07) is 16.8. The molecule has 0 saturated heterocycles. The fourth-order valence-corrected chi connectivity index (χ4v) is 4.32. The van der Waals surface area contributed by atoms with Crippen molar-refractivity contribution in [2.45, 2.75) is 49.3 Å². The summed E-state index contributed by atoms with van der Waals surface area (Å²) in [5, 5.41) is 0. The third-order valence-corrected chi connectivity index (χ3v) is 6.71. The van der Waals surface area contributed by atoms with Crippen molar-refractivity contribution >= 4 is 20.0 Å². The van der Waals surface area contributed by atoms with Crippen LogP contribution in [0.4, 0.5) is 0 Å². The molecule has 2 aromatic rings. The number of rotatable bonds is 10. The van der Waals surface area contributed by atoms with E-state index < -0.39 is 20.0 Å². The SMILES string of the molecule is CCCCNS(=O)(=O)c1ccccc1.CCCCNS(=O)(=O)c1ccccc1. The monoisotopic (exact) mass is 426 g/mol. The normalized spacial score (nSPS) is 11.5. The van der Waals surface area contributed by atoms with Gasteiger partial charge in [0.05, 0.1) is 9.79 Å². The van der Waals surface area contributed by atoms with Gasteiger partial charge in [0.1, 0.15) is 0 Å². The van der Waals surface area contributed by atoms with Gasteiger partial charge in [0.25, 0.3) is 0 Å². The lowest BCUT2D eigenvalue weighted by atomic mass is 10.3. The Bertz CT molecular complexity index is 793. The third kappa shape index (κ3) is 8.97. The van der Waals surface area contributed by atoms with Crippen molar-refractivity contribution in [2.24, 2.45) is 0 Å². The summed E-state index contributed by atoms with van der Waals surface area (Å²) >= 11 is 0. The van der Waals surface area contributed by atoms with E-state index in [-0.39, 0.29) is 0 Å². The van der Waals surface area contributed by atoms with Crippen molar-refractivity contribution in [3.8, 4) is 0 Å². The zero-order valence-corrected chi connectivity index (χ0v) is 18.1. The van der Waals surface area contributed by atoms with Crippen LogP contribution in [0.2, 0.25) is 0 Å². The molecule has 0 radical (unpaired) electrons. The maximum atomic E-state index is 11.6. The number of nitrogens with one attached hydrogen (secondary N) is 2. The molecular formula is C20H30N2O4S2. The fourth-order valence-electron chi connectivity index (χ4n) is 2.13. The number of hydrogen-bond donors (Lipinski definition) is 2. The van der Waals surface area contributed by atoms with Crippen LogP contribution < -0.4 is 9.44 Å². The molecule has 2 aromatic carbocycles. The Morgan fingerprint density at radius 3 is 1.21 bits per heavy atom. The lowest BCUT2D eigenvalue weighted by molar-refractivity contribution is 0.576. The van der Waals surface area contributed by atoms with Crippen LogP contribution in [0, 0.1) is 0 Å². The van der Waals surface area contributed by atoms with Gasteiger partial charge in [0, 0.05) is 13.1 Å². The molecule has 0 aromatic heterocycles. The van der Waals surface area contributed by atoms with Crippen LogP contribution in [0.15, 0.2) is 70.5 Å². The van der Waals surface area contributed by atoms with E-state index in [4.69, 9.17) is 0 Å². The molecule has 8 heteroatoms. The maximum absolute atomic E-state index is 11.6. The van der Waals surface area contributed by atoms with Crippen molar-refractivity contribution < 1.29 is 16.8 Å². The summed E-state index contributed by atoms with van der Waals surface area (Å²) in [5.74, 6) is 0. The van der Waals surface area contributed by atoms with E-state index in [2.05, 4.69) is 9.44 Å². The molecule has 0 aliphatic heterocycles. The highest BCUT2D eigenvalue weighted by Crippen LogP contribution is 2.07. The van der Waals surface area contributed by atoms with Crippen LogP contribution in [0.1, 0.15) is 39.5 Å². The fraction of sp³-hybridized carbons (Fsp3) is 0.400. The molecule has 0 unspecified atom stereocenters. The Balaban J connectivity index is 0.000000280. The topological polar surface area (TPSA) is 92.3 Å². The van der Waals surface area contributed by atoms with Crippen molar-refractivity contribution in [3.63, 3.8) is 0 Å². The zero-order valence-electron chi connectivity index (χ0n) is 16.5. The molecule has 0 spiro atoms. The third-order valence-electron chi connectivity index (χ3n) is 3.75. The molecule has 0 bridgehead atoms. The molecule has 28 heavy (non-hydrogen) atoms. The molecule has 156 valence electrons. The van der Waals surface area contributed by atoms with Gasteiger partial charge < -0.3 is 0 Å². The highest BCUT2D eigenvalue weighted by atomic mass is 32.2. The summed E-state index contributed by atoms with van der Waals surface area (Å²) in [7, 11) is -6.57. The van der Waals surface area contributed by atoms with E-state index in [9.17, 15) is 16.8 Å². The van der Waals surface area contributed by atoms with Gasteiger partial charge in [0.15, 0.2) is 0 Å². The van der Waals surface area contributed by atoms with Gasteiger partial charge >= 0.3 is 0 Å². The van der Waals surface area contributed by atoms with Crippen molar-refractivity contribution in [2.75, 3.05) is 13.1 Å². The van der Waals surface area contributed by atoms with E-state index >= 15 is 0 Å². The highest BCUT2D eigenvalue weighted by molar-refractivity contribution is 7.89. The lowest BCUT2D eigenvalue weighted by Crippen LogP contribution is -2.24. The van der Waals surface area contributed by atoms with Crippen LogP contribution in [0.3, 0.4) is 0 Å². The highest BCUT2D eigenvalue weighted by Gasteiger charge is 2.12. The molecule has 0 atom stereocenters. The standard InChI is InChI=1S/2C10H15NO2S/c2*1-2-3-9-11-14(12,13)10-7-5-4-6-8-10/h2*4-8,11H,2-3,9H2,1H3. The summed E-state index contributed by atoms with van der Waals surface area (Å²) in [6.45, 7) is 5.06. The second kappa shape index (κ2) is 12.7. The molecule has 0 fully saturated rings. The minimum absolute atomic E-state index is 0.330. The number of benzene rings is 2. The van der Waals surface area contributed by atoms with E-state index in [1.165, 1.54) is 0 Å². The molecule has 2 rings (SSSR count). The lowest BCUT2D eigenvalue weighted by Gasteiger charge is -2.05. The first-order valence-corrected chi connectivity index (χ1v) is 12.4. The molecule has 0 saturated carbocycles. The molecule has 6 nitrogen and oxygen atoms in total. The molecule has 0 heterocycles. The molecular weight excluding hydrogens is 396 g/mol. The summed E-state index contributed by atoms with van der Waals surface area (Å²) in [6.07, 6.45) is 3.70. The van der Waals surface area contributed by atoms with Crippen LogP contribution in [0.25, 0.3) is 0 Å². The van der Waals surface area contributed by atoms with Gasteiger partial charge in [0.2, 0.25) is 20.0 Å². The maximum Gasteiger partial charge on any atom is 0.240 e. The van der Waals surface area contributed by atoms with Crippen LogP contribution >= 0.6 is 0 Å². The summed E-state index contributed by atoms with van der Waals surface area (Å²) in [4.78, 5) is 0.659. The minimum atomic E-state index is -3.28. The van der Waals surface area contributed by atoms with Gasteiger partial charge in [-0.2, -0.15) is 0 Å². The van der Waals surface area contributed by atoms with E-state index in [0.29, 0.717) is 22.9 Å². The van der Waals surface area contributed by atoms with Crippen molar-refractivity contribution in [1.29, 1.82) is 0 Å². The first-order valence-electron chi connectivity index (χ1n) is 9.43. The second-order valence-corrected chi connectivity index (χ2v) is 9.66. The predicted molar refractivity (Wildman–Crippen MR) is 113 cm³/mol. The average molecular weight is 427 g/mol. The number of unbranched alkanes of at least 4 members (excludes halogenated alkanes) is 2. The molecule has 2 N–H and O–H groups in total. The number of hydrogen-bond acceptors (Lipinski definition) is 4. The average Bonchev–Trinajstić information content (AvgIpc) is 2.70. The second-order valence-electron chi connectivity index (χ2n) is 6.13. The Hall–Kier alpha value is -1.74. The van der Waals surface area contributed by atoms with E-state index in [0.717, 1.165) is 25.7 Å². The Kier molecular flexibility index (Phi) is 11.0. The Labute approximate surface area is 169 Å². The van der Waals surface area contributed by atoms with Crippen molar-refractivity contribution in [1.82, 2.24) is 9.44 Å². The van der Waals surface area contributed by atoms with Gasteiger partial charge in [-0.25, -0.2) is 26.3 Å². The predicted octanol–water partition coefficient (Wildman–Crippen LogP) is 3.53. The van der Waals surface area contributed by atoms with Crippen LogP contribution in [-0.2, 0) is 20.0 Å². The smallest absolute Gasteiger partial charge is 0.211 e. The summed E-state index contributed by atoms with van der Waals surface area (Å²) in [5.41, 5.74) is 0. The first-order chi connectivity index (χ1) is 13.3. The minimum Gasteiger partial charge on any atom is -0.211 e. The zero-order chi connectivity index (χ0) is 20.9. The quantitative estimate of drug-likeness (QED) is 0.569. The molecule has 0 amide bonds. The van der Waals surface area contributed by atoms with Gasteiger partial charge in [-0.3, -0.25) is 0 Å². The van der Waals surface area contributed by atoms with E-state index in [1.54, 1.807) is 60.7 Å². The van der Waals surface area contributed by atoms with Crippen LogP contribution in [0.5, 0.6) is 0 Å². The van der Waals surface area contributed by atoms with Crippen LogP contribution in [-0.4, -0.2) is 29.9 Å². The first kappa shape index (κ1) is 24.3. The van der Waals surface area contributed by atoms with E-state index in [1.807, 2.05) is 13.8 Å². The van der Waals surface area contributed by atoms with Crippen molar-refractivity contribution in [3.05, 3.63) is 60.7 Å². The molecule has 0 aliphatic carbocycles. The molecule has 0 aliphatic rings. The van der Waals surface area contributed by atoms with Gasteiger partial charge in [-0.1, -0.05) is 63.1 Å². The van der Waals surface area contributed by atoms with Gasteiger partial charge in [-0.05, 0) is 37.1 Å². The Morgan fingerprint density at radius 2 is 0.929 bits per heavy atom. The number of sulfonamides is 2. The summed E-state index contributed by atoms with van der Waals surface area (Å²) < 4.78 is 51.5. The largest absolute Gasteiger partial charge is 0.240 e. The Morgan fingerprint density at radius 1 is 0.607 bits per heavy atom. The van der Waals surface area contributed by atoms with Gasteiger partial charge in [-0.15, -0.1) is 0 Å².